The number of hydrogen-bond donors (Lipinski definition) is 3. The average Bonchev–Trinajstić information content (AvgIpc) is 2.69. The molecule has 4 N–H and O–H groups in total. The number of aryl methyl sites for hydroxylation is 1. The van der Waals surface area contributed by atoms with Crippen LogP contribution < -0.4 is 21.1 Å². The molecule has 0 heterocycles. The number of ether oxygens (including phenoxy) is 1. The first-order valence-corrected chi connectivity index (χ1v) is 10.4. The highest BCUT2D eigenvalue weighted by molar-refractivity contribution is 7.98. The lowest BCUT2D eigenvalue weighted by molar-refractivity contribution is -0.119. The molecular weight excluding hydrogens is 372 g/mol. The zero-order chi connectivity index (χ0) is 20.4. The number of primary amides is 1. The van der Waals surface area contributed by atoms with E-state index in [0.29, 0.717) is 18.8 Å². The Morgan fingerprint density at radius 3 is 2.75 bits per heavy atom. The molecule has 2 aromatic rings. The summed E-state index contributed by atoms with van der Waals surface area (Å²) in [5.74, 6) is 0.857. The van der Waals surface area contributed by atoms with Gasteiger partial charge < -0.3 is 21.1 Å². The molecule has 0 unspecified atom stereocenters. The monoisotopic (exact) mass is 400 g/mol. The van der Waals surface area contributed by atoms with Gasteiger partial charge in [0.25, 0.3) is 5.91 Å². The fraction of sp³-hybridized carbons (Fsp3) is 0.333. The Hall–Kier alpha value is -2.67. The average molecular weight is 401 g/mol. The van der Waals surface area contributed by atoms with Crippen molar-refractivity contribution in [1.82, 2.24) is 10.6 Å². The van der Waals surface area contributed by atoms with Gasteiger partial charge in [0.1, 0.15) is 5.75 Å². The number of nitrogens with two attached hydrogens (primary N) is 1. The Kier molecular flexibility index (Phi) is 8.68. The number of amides is 1. The molecule has 0 bridgehead atoms. The van der Waals surface area contributed by atoms with Gasteiger partial charge in [-0.05, 0) is 55.0 Å². The van der Waals surface area contributed by atoms with Gasteiger partial charge in [0.05, 0.1) is 6.54 Å². The summed E-state index contributed by atoms with van der Waals surface area (Å²) in [4.78, 5) is 16.8. The van der Waals surface area contributed by atoms with Gasteiger partial charge in [0.15, 0.2) is 12.6 Å². The number of guanidine groups is 1. The van der Waals surface area contributed by atoms with Crippen LogP contribution in [0.3, 0.4) is 0 Å². The van der Waals surface area contributed by atoms with Crippen LogP contribution in [0.25, 0.3) is 0 Å². The first kappa shape index (κ1) is 21.6. The van der Waals surface area contributed by atoms with Gasteiger partial charge in [-0.15, -0.1) is 11.8 Å². The van der Waals surface area contributed by atoms with Gasteiger partial charge in [-0.25, -0.2) is 4.99 Å². The highest BCUT2D eigenvalue weighted by Crippen LogP contribution is 2.21. The highest BCUT2D eigenvalue weighted by atomic mass is 32.2. The summed E-state index contributed by atoms with van der Waals surface area (Å²) in [5, 5.41) is 6.66. The van der Waals surface area contributed by atoms with Crippen molar-refractivity contribution in [3.8, 4) is 5.75 Å². The molecule has 6 nitrogen and oxygen atoms in total. The Bertz CT molecular complexity index is 824. The summed E-state index contributed by atoms with van der Waals surface area (Å²) in [7, 11) is 0. The number of benzene rings is 2. The van der Waals surface area contributed by atoms with Gasteiger partial charge in [-0.1, -0.05) is 24.3 Å². The van der Waals surface area contributed by atoms with E-state index in [0.717, 1.165) is 18.1 Å². The fourth-order valence-electron chi connectivity index (χ4n) is 2.58. The molecule has 0 radical (unpaired) electrons. The third-order valence-corrected chi connectivity index (χ3v) is 4.75. The molecule has 0 fully saturated rings. The number of carbonyl (C=O) groups excluding carboxylic acids is 1. The lowest BCUT2D eigenvalue weighted by atomic mass is 10.1. The largest absolute Gasteiger partial charge is 0.484 e. The predicted molar refractivity (Wildman–Crippen MR) is 116 cm³/mol. The zero-order valence-corrected chi connectivity index (χ0v) is 17.4. The molecule has 0 saturated heterocycles. The third kappa shape index (κ3) is 7.15. The summed E-state index contributed by atoms with van der Waals surface area (Å²) in [6.45, 7) is 5.97. The normalized spacial score (nSPS) is 11.2. The number of nitrogens with one attached hydrogen (secondary N) is 2. The first-order chi connectivity index (χ1) is 13.5. The van der Waals surface area contributed by atoms with Crippen LogP contribution >= 0.6 is 11.8 Å². The highest BCUT2D eigenvalue weighted by Gasteiger charge is 2.05. The van der Waals surface area contributed by atoms with E-state index in [-0.39, 0.29) is 6.61 Å². The molecule has 0 aromatic heterocycles. The molecule has 0 aliphatic rings. The fourth-order valence-corrected chi connectivity index (χ4v) is 3.28. The number of carbonyl (C=O) groups is 1. The van der Waals surface area contributed by atoms with Crippen molar-refractivity contribution in [3.63, 3.8) is 0 Å². The van der Waals surface area contributed by atoms with E-state index < -0.39 is 5.91 Å². The van der Waals surface area contributed by atoms with Crippen LogP contribution in [-0.2, 0) is 17.9 Å². The van der Waals surface area contributed by atoms with E-state index in [1.807, 2.05) is 25.1 Å². The van der Waals surface area contributed by atoms with E-state index in [2.05, 4.69) is 47.0 Å². The van der Waals surface area contributed by atoms with Gasteiger partial charge in [-0.2, -0.15) is 0 Å². The Balaban J connectivity index is 2.02. The zero-order valence-electron chi connectivity index (χ0n) is 16.6. The number of aliphatic imine (C=N–C) groups is 1. The number of nitrogens with zero attached hydrogens (tertiary/aromatic N) is 1. The van der Waals surface area contributed by atoms with Crippen molar-refractivity contribution in [2.45, 2.75) is 31.8 Å². The van der Waals surface area contributed by atoms with Crippen molar-refractivity contribution in [2.75, 3.05) is 19.4 Å². The lowest BCUT2D eigenvalue weighted by Crippen LogP contribution is -2.36. The number of hydrogen-bond acceptors (Lipinski definition) is 4. The first-order valence-electron chi connectivity index (χ1n) is 9.17. The van der Waals surface area contributed by atoms with Crippen LogP contribution in [0.2, 0.25) is 0 Å². The molecule has 7 heteroatoms. The molecule has 1 amide bonds. The third-order valence-electron chi connectivity index (χ3n) is 3.93. The van der Waals surface area contributed by atoms with E-state index in [9.17, 15) is 4.79 Å². The van der Waals surface area contributed by atoms with Crippen LogP contribution in [0.1, 0.15) is 23.6 Å². The van der Waals surface area contributed by atoms with E-state index in [1.165, 1.54) is 16.0 Å². The van der Waals surface area contributed by atoms with Crippen molar-refractivity contribution in [1.29, 1.82) is 0 Å². The molecule has 0 aliphatic heterocycles. The molecule has 0 aliphatic carbocycles. The van der Waals surface area contributed by atoms with Crippen LogP contribution in [0.4, 0.5) is 0 Å². The minimum atomic E-state index is -0.497. The number of thioether (sulfide) groups is 1. The van der Waals surface area contributed by atoms with Crippen LogP contribution in [0.5, 0.6) is 5.75 Å². The molecule has 150 valence electrons. The molecule has 0 spiro atoms. The van der Waals surface area contributed by atoms with E-state index in [1.54, 1.807) is 17.8 Å². The van der Waals surface area contributed by atoms with Crippen molar-refractivity contribution >= 4 is 23.6 Å². The van der Waals surface area contributed by atoms with Gasteiger partial charge in [0.2, 0.25) is 0 Å². The van der Waals surface area contributed by atoms with Crippen LogP contribution in [0.15, 0.2) is 52.4 Å². The molecule has 2 aromatic carbocycles. The Labute approximate surface area is 171 Å². The van der Waals surface area contributed by atoms with Gasteiger partial charge in [-0.3, -0.25) is 4.79 Å². The molecule has 28 heavy (non-hydrogen) atoms. The smallest absolute Gasteiger partial charge is 0.255 e. The molecule has 2 rings (SSSR count). The second kappa shape index (κ2) is 11.2. The Morgan fingerprint density at radius 2 is 2.04 bits per heavy atom. The summed E-state index contributed by atoms with van der Waals surface area (Å²) in [5.41, 5.74) is 8.60. The maximum Gasteiger partial charge on any atom is 0.255 e. The second-order valence-electron chi connectivity index (χ2n) is 6.27. The predicted octanol–water partition coefficient (Wildman–Crippen LogP) is 2.84. The minimum absolute atomic E-state index is 0.134. The van der Waals surface area contributed by atoms with Crippen LogP contribution in [0, 0.1) is 6.92 Å². The topological polar surface area (TPSA) is 88.7 Å². The van der Waals surface area contributed by atoms with Gasteiger partial charge >= 0.3 is 0 Å². The standard InChI is InChI=1S/C21H28N4O2S/c1-4-23-21(25-13-17-9-8-15(2)10-19(17)28-3)24-12-16-6-5-7-18(11-16)27-14-20(22)26/h5-11H,4,12-14H2,1-3H3,(H2,22,26)(H2,23,24,25). The van der Waals surface area contributed by atoms with E-state index in [4.69, 9.17) is 10.5 Å². The molecule has 0 atom stereocenters. The summed E-state index contributed by atoms with van der Waals surface area (Å²) in [6.07, 6.45) is 2.09. The number of rotatable bonds is 9. The van der Waals surface area contributed by atoms with Gasteiger partial charge in [0, 0.05) is 18.0 Å². The van der Waals surface area contributed by atoms with Crippen molar-refractivity contribution < 1.29 is 9.53 Å². The quantitative estimate of drug-likeness (QED) is 0.342. The minimum Gasteiger partial charge on any atom is -0.484 e. The van der Waals surface area contributed by atoms with E-state index >= 15 is 0 Å². The summed E-state index contributed by atoms with van der Waals surface area (Å²) in [6, 6.07) is 14.0. The maximum absolute atomic E-state index is 10.9. The SMILES string of the molecule is CCNC(=NCc1cccc(OCC(N)=O)c1)NCc1ccc(C)cc1SC. The maximum atomic E-state index is 10.9. The second-order valence-corrected chi connectivity index (χ2v) is 7.11. The molecular formula is C21H28N4O2S. The van der Waals surface area contributed by atoms with Crippen molar-refractivity contribution in [3.05, 3.63) is 59.2 Å². The molecule has 0 saturated carbocycles. The lowest BCUT2D eigenvalue weighted by Gasteiger charge is -2.14. The Morgan fingerprint density at radius 1 is 1.21 bits per heavy atom. The van der Waals surface area contributed by atoms with Crippen molar-refractivity contribution in [2.24, 2.45) is 10.7 Å². The summed E-state index contributed by atoms with van der Waals surface area (Å²) < 4.78 is 5.35. The van der Waals surface area contributed by atoms with Crippen LogP contribution in [-0.4, -0.2) is 31.3 Å². The summed E-state index contributed by atoms with van der Waals surface area (Å²) >= 11 is 1.75.